The Morgan fingerprint density at radius 3 is 2.94 bits per heavy atom. The minimum Gasteiger partial charge on any atom is -0.490 e. The third-order valence-electron chi connectivity index (χ3n) is 3.59. The molecule has 1 fully saturated rings. The highest BCUT2D eigenvalue weighted by atomic mass is 16.5. The van der Waals surface area contributed by atoms with Crippen LogP contribution >= 0.6 is 0 Å². The summed E-state index contributed by atoms with van der Waals surface area (Å²) in [6.07, 6.45) is 2.19. The van der Waals surface area contributed by atoms with Gasteiger partial charge in [-0.15, -0.1) is 0 Å². The molecule has 2 aliphatic rings. The lowest BCUT2D eigenvalue weighted by Crippen LogP contribution is -2.08. The second-order valence-corrected chi connectivity index (χ2v) is 4.91. The summed E-state index contributed by atoms with van der Waals surface area (Å²) in [6.45, 7) is 5.84. The predicted octanol–water partition coefficient (Wildman–Crippen LogP) is 2.23. The Balaban J connectivity index is 1.96. The molecule has 0 bridgehead atoms. The third kappa shape index (κ3) is 2.12. The molecule has 1 saturated heterocycles. The van der Waals surface area contributed by atoms with Crippen molar-refractivity contribution in [2.75, 3.05) is 26.3 Å². The fraction of sp³-hybridized carbons (Fsp3) is 0.571. The molecular formula is C14H19NO2. The van der Waals surface area contributed by atoms with Crippen LogP contribution in [0.15, 0.2) is 12.1 Å². The van der Waals surface area contributed by atoms with Crippen LogP contribution in [0, 0.1) is 6.92 Å². The monoisotopic (exact) mass is 233 g/mol. The topological polar surface area (TPSA) is 30.5 Å². The van der Waals surface area contributed by atoms with Gasteiger partial charge in [0.1, 0.15) is 0 Å². The maximum Gasteiger partial charge on any atom is 0.164 e. The van der Waals surface area contributed by atoms with Crippen molar-refractivity contribution in [3.8, 4) is 11.5 Å². The summed E-state index contributed by atoms with van der Waals surface area (Å²) < 4.78 is 11.5. The van der Waals surface area contributed by atoms with Crippen molar-refractivity contribution in [2.24, 2.45) is 0 Å². The van der Waals surface area contributed by atoms with Gasteiger partial charge in [0.05, 0.1) is 13.2 Å². The van der Waals surface area contributed by atoms with Gasteiger partial charge in [-0.25, -0.2) is 0 Å². The molecule has 0 radical (unpaired) electrons. The minimum absolute atomic E-state index is 0.630. The number of aryl methyl sites for hydroxylation is 1. The summed E-state index contributed by atoms with van der Waals surface area (Å²) in [5.74, 6) is 2.51. The fourth-order valence-electron chi connectivity index (χ4n) is 2.65. The van der Waals surface area contributed by atoms with Gasteiger partial charge in [0.2, 0.25) is 0 Å². The van der Waals surface area contributed by atoms with E-state index in [1.165, 1.54) is 17.5 Å². The number of ether oxygens (including phenoxy) is 2. The molecule has 0 spiro atoms. The molecule has 3 heteroatoms. The zero-order valence-electron chi connectivity index (χ0n) is 10.3. The first kappa shape index (κ1) is 10.9. The van der Waals surface area contributed by atoms with Crippen LogP contribution in [0.1, 0.15) is 29.9 Å². The second kappa shape index (κ2) is 4.57. The fourth-order valence-corrected chi connectivity index (χ4v) is 2.65. The predicted molar refractivity (Wildman–Crippen MR) is 67.0 cm³/mol. The Labute approximate surface area is 102 Å². The molecule has 0 saturated carbocycles. The number of benzene rings is 1. The average molecular weight is 233 g/mol. The van der Waals surface area contributed by atoms with E-state index in [-0.39, 0.29) is 0 Å². The summed E-state index contributed by atoms with van der Waals surface area (Å²) in [5, 5.41) is 3.41. The first-order valence-electron chi connectivity index (χ1n) is 6.45. The van der Waals surface area contributed by atoms with E-state index in [2.05, 4.69) is 24.4 Å². The molecule has 0 aliphatic carbocycles. The van der Waals surface area contributed by atoms with Gasteiger partial charge in [0.15, 0.2) is 11.5 Å². The van der Waals surface area contributed by atoms with Crippen molar-refractivity contribution in [1.82, 2.24) is 5.32 Å². The van der Waals surface area contributed by atoms with Crippen LogP contribution in [0.3, 0.4) is 0 Å². The third-order valence-corrected chi connectivity index (χ3v) is 3.59. The maximum absolute atomic E-state index is 5.78. The molecule has 1 unspecified atom stereocenters. The number of hydrogen-bond acceptors (Lipinski definition) is 3. The van der Waals surface area contributed by atoms with Crippen molar-refractivity contribution >= 4 is 0 Å². The SMILES string of the molecule is Cc1cc(C2CCNC2)cc2c1OCCCO2. The van der Waals surface area contributed by atoms with E-state index >= 15 is 0 Å². The van der Waals surface area contributed by atoms with Gasteiger partial charge in [-0.2, -0.15) is 0 Å². The first-order chi connectivity index (χ1) is 8.34. The lowest BCUT2D eigenvalue weighted by molar-refractivity contribution is 0.296. The maximum atomic E-state index is 5.78. The van der Waals surface area contributed by atoms with Crippen molar-refractivity contribution in [3.05, 3.63) is 23.3 Å². The van der Waals surface area contributed by atoms with Crippen LogP contribution in [-0.4, -0.2) is 26.3 Å². The molecule has 1 N–H and O–H groups in total. The minimum atomic E-state index is 0.630. The van der Waals surface area contributed by atoms with Crippen LogP contribution in [0.2, 0.25) is 0 Å². The Morgan fingerprint density at radius 1 is 1.24 bits per heavy atom. The molecule has 0 amide bonds. The van der Waals surface area contributed by atoms with Gasteiger partial charge < -0.3 is 14.8 Å². The lowest BCUT2D eigenvalue weighted by atomic mass is 9.96. The average Bonchev–Trinajstić information content (AvgIpc) is 2.75. The molecule has 17 heavy (non-hydrogen) atoms. The lowest BCUT2D eigenvalue weighted by Gasteiger charge is -2.15. The van der Waals surface area contributed by atoms with Crippen molar-refractivity contribution in [3.63, 3.8) is 0 Å². The van der Waals surface area contributed by atoms with Crippen molar-refractivity contribution in [1.29, 1.82) is 0 Å². The Hall–Kier alpha value is -1.22. The van der Waals surface area contributed by atoms with Gasteiger partial charge in [-0.05, 0) is 43.0 Å². The highest BCUT2D eigenvalue weighted by Crippen LogP contribution is 2.37. The molecule has 1 atom stereocenters. The van der Waals surface area contributed by atoms with Gasteiger partial charge in [0, 0.05) is 13.0 Å². The highest BCUT2D eigenvalue weighted by molar-refractivity contribution is 5.50. The number of hydrogen-bond donors (Lipinski definition) is 1. The molecule has 2 aliphatic heterocycles. The largest absolute Gasteiger partial charge is 0.490 e. The van der Waals surface area contributed by atoms with E-state index in [1.54, 1.807) is 0 Å². The summed E-state index contributed by atoms with van der Waals surface area (Å²) in [4.78, 5) is 0. The van der Waals surface area contributed by atoms with Crippen LogP contribution in [-0.2, 0) is 0 Å². The number of nitrogens with one attached hydrogen (secondary N) is 1. The molecule has 92 valence electrons. The summed E-state index contributed by atoms with van der Waals surface area (Å²) in [5.41, 5.74) is 2.59. The van der Waals surface area contributed by atoms with Crippen LogP contribution in [0.5, 0.6) is 11.5 Å². The zero-order chi connectivity index (χ0) is 11.7. The Morgan fingerprint density at radius 2 is 2.12 bits per heavy atom. The highest BCUT2D eigenvalue weighted by Gasteiger charge is 2.21. The van der Waals surface area contributed by atoms with E-state index in [0.717, 1.165) is 44.2 Å². The standard InChI is InChI=1S/C14H19NO2/c1-10-7-12(11-3-4-15-9-11)8-13-14(10)17-6-2-5-16-13/h7-8,11,15H,2-6,9H2,1H3. The summed E-state index contributed by atoms with van der Waals surface area (Å²) in [7, 11) is 0. The van der Waals surface area contributed by atoms with Crippen molar-refractivity contribution in [2.45, 2.75) is 25.7 Å². The molecule has 3 rings (SSSR count). The van der Waals surface area contributed by atoms with Gasteiger partial charge in [0.25, 0.3) is 0 Å². The normalized spacial score (nSPS) is 23.5. The van der Waals surface area contributed by atoms with E-state index in [9.17, 15) is 0 Å². The van der Waals surface area contributed by atoms with E-state index < -0.39 is 0 Å². The zero-order valence-corrected chi connectivity index (χ0v) is 10.3. The molecule has 3 nitrogen and oxygen atoms in total. The van der Waals surface area contributed by atoms with Crippen LogP contribution in [0.25, 0.3) is 0 Å². The molecule has 1 aromatic carbocycles. The van der Waals surface area contributed by atoms with E-state index in [1.807, 2.05) is 0 Å². The molecule has 2 heterocycles. The number of rotatable bonds is 1. The van der Waals surface area contributed by atoms with Crippen LogP contribution in [0.4, 0.5) is 0 Å². The van der Waals surface area contributed by atoms with Gasteiger partial charge >= 0.3 is 0 Å². The van der Waals surface area contributed by atoms with Crippen LogP contribution < -0.4 is 14.8 Å². The summed E-state index contributed by atoms with van der Waals surface area (Å²) >= 11 is 0. The molecular weight excluding hydrogens is 214 g/mol. The Bertz CT molecular complexity index is 411. The van der Waals surface area contributed by atoms with Gasteiger partial charge in [-0.3, -0.25) is 0 Å². The molecule has 0 aromatic heterocycles. The molecule has 1 aromatic rings. The summed E-state index contributed by atoms with van der Waals surface area (Å²) in [6, 6.07) is 4.43. The van der Waals surface area contributed by atoms with Crippen molar-refractivity contribution < 1.29 is 9.47 Å². The first-order valence-corrected chi connectivity index (χ1v) is 6.45. The number of fused-ring (bicyclic) bond motifs is 1. The van der Waals surface area contributed by atoms with E-state index in [0.29, 0.717) is 5.92 Å². The van der Waals surface area contributed by atoms with E-state index in [4.69, 9.17) is 9.47 Å². The second-order valence-electron chi connectivity index (χ2n) is 4.91. The van der Waals surface area contributed by atoms with Gasteiger partial charge in [-0.1, -0.05) is 6.07 Å². The Kier molecular flexibility index (Phi) is 2.93. The quantitative estimate of drug-likeness (QED) is 0.807. The smallest absolute Gasteiger partial charge is 0.164 e.